The summed E-state index contributed by atoms with van der Waals surface area (Å²) in [6.45, 7) is 5.05. The van der Waals surface area contributed by atoms with Gasteiger partial charge in [-0.2, -0.15) is 0 Å². The third kappa shape index (κ3) is 2.96. The van der Waals surface area contributed by atoms with E-state index in [9.17, 15) is 0 Å². The minimum Gasteiger partial charge on any atom is -0.374 e. The maximum atomic E-state index is 6.16. The number of hydrogen-bond acceptors (Lipinski definition) is 2. The van der Waals surface area contributed by atoms with E-state index in [2.05, 4.69) is 12.8 Å². The Hall–Kier alpha value is -0.520. The number of ether oxygens (including phenoxy) is 1. The van der Waals surface area contributed by atoms with Crippen molar-refractivity contribution in [3.63, 3.8) is 0 Å². The quantitative estimate of drug-likeness (QED) is 0.721. The summed E-state index contributed by atoms with van der Waals surface area (Å²) in [4.78, 5) is 0. The maximum absolute atomic E-state index is 6.16. The smallest absolute Gasteiger partial charge is 0.0842 e. The first kappa shape index (κ1) is 12.5. The molecule has 0 radical (unpaired) electrons. The maximum Gasteiger partial charge on any atom is 0.0842 e. The van der Waals surface area contributed by atoms with Crippen molar-refractivity contribution in [1.29, 1.82) is 0 Å². The van der Waals surface area contributed by atoms with E-state index in [1.807, 2.05) is 6.92 Å². The van der Waals surface area contributed by atoms with Crippen molar-refractivity contribution in [3.05, 3.63) is 0 Å². The predicted molar refractivity (Wildman–Crippen MR) is 63.4 cm³/mol. The first-order valence-corrected chi connectivity index (χ1v) is 5.97. The fraction of sp³-hybridized carbons (Fsp3) is 0.846. The van der Waals surface area contributed by atoms with E-state index >= 15 is 0 Å². The fourth-order valence-corrected chi connectivity index (χ4v) is 2.47. The third-order valence-corrected chi connectivity index (χ3v) is 3.57. The second-order valence-corrected chi connectivity index (χ2v) is 4.70. The molecule has 0 aromatic carbocycles. The van der Waals surface area contributed by atoms with Crippen LogP contribution in [0.25, 0.3) is 0 Å². The molecule has 0 heterocycles. The number of hydrogen-bond donors (Lipinski definition) is 1. The SMILES string of the molecule is C#CCC(N)C1(OCC)CCC(C)CC1. The van der Waals surface area contributed by atoms with E-state index in [1.54, 1.807) is 0 Å². The molecule has 1 atom stereocenters. The van der Waals surface area contributed by atoms with Crippen LogP contribution in [-0.2, 0) is 4.74 Å². The summed E-state index contributed by atoms with van der Waals surface area (Å²) in [5.41, 5.74) is 6.01. The van der Waals surface area contributed by atoms with Crippen molar-refractivity contribution < 1.29 is 4.74 Å². The highest BCUT2D eigenvalue weighted by Gasteiger charge is 2.39. The van der Waals surface area contributed by atoms with Crippen LogP contribution >= 0.6 is 0 Å². The number of rotatable bonds is 4. The van der Waals surface area contributed by atoms with E-state index in [-0.39, 0.29) is 11.6 Å². The monoisotopic (exact) mass is 209 g/mol. The van der Waals surface area contributed by atoms with Crippen LogP contribution in [0.15, 0.2) is 0 Å². The molecule has 1 unspecified atom stereocenters. The Morgan fingerprint density at radius 3 is 2.60 bits per heavy atom. The zero-order valence-corrected chi connectivity index (χ0v) is 9.96. The lowest BCUT2D eigenvalue weighted by Crippen LogP contribution is -2.52. The van der Waals surface area contributed by atoms with Crippen molar-refractivity contribution in [2.24, 2.45) is 11.7 Å². The van der Waals surface area contributed by atoms with E-state index in [0.717, 1.165) is 25.4 Å². The van der Waals surface area contributed by atoms with Crippen molar-refractivity contribution in [2.45, 2.75) is 57.6 Å². The number of nitrogens with two attached hydrogens (primary N) is 1. The molecule has 15 heavy (non-hydrogen) atoms. The average molecular weight is 209 g/mol. The van der Waals surface area contributed by atoms with Gasteiger partial charge in [0.2, 0.25) is 0 Å². The summed E-state index contributed by atoms with van der Waals surface area (Å²) in [6, 6.07) is -0.00468. The molecule has 1 aliphatic rings. The van der Waals surface area contributed by atoms with Gasteiger partial charge < -0.3 is 10.5 Å². The van der Waals surface area contributed by atoms with Crippen LogP contribution in [0.1, 0.15) is 46.0 Å². The highest BCUT2D eigenvalue weighted by Crippen LogP contribution is 2.37. The molecule has 0 aromatic rings. The molecule has 0 aromatic heterocycles. The summed E-state index contributed by atoms with van der Waals surface area (Å²) in [5, 5.41) is 0. The minimum absolute atomic E-state index is 0.00468. The standard InChI is InChI=1S/C13H23NO/c1-4-6-12(14)13(15-5-2)9-7-11(3)8-10-13/h1,11-12H,5-10,14H2,2-3H3. The van der Waals surface area contributed by atoms with Gasteiger partial charge in [0.25, 0.3) is 0 Å². The molecule has 0 saturated heterocycles. The summed E-state index contributed by atoms with van der Waals surface area (Å²) < 4.78 is 5.91. The van der Waals surface area contributed by atoms with Gasteiger partial charge in [-0.15, -0.1) is 12.3 Å². The molecule has 0 amide bonds. The summed E-state index contributed by atoms with van der Waals surface area (Å²) in [6.07, 6.45) is 10.5. The van der Waals surface area contributed by atoms with Gasteiger partial charge in [0.15, 0.2) is 0 Å². The Kier molecular flexibility index (Phi) is 4.63. The lowest BCUT2D eigenvalue weighted by molar-refractivity contribution is -0.0875. The second-order valence-electron chi connectivity index (χ2n) is 4.70. The van der Waals surface area contributed by atoms with E-state index < -0.39 is 0 Å². The average Bonchev–Trinajstić information content (AvgIpc) is 2.22. The minimum atomic E-state index is -0.145. The van der Waals surface area contributed by atoms with Gasteiger partial charge in [-0.05, 0) is 38.5 Å². The van der Waals surface area contributed by atoms with Gasteiger partial charge in [-0.1, -0.05) is 6.92 Å². The molecule has 0 bridgehead atoms. The molecule has 1 rings (SSSR count). The topological polar surface area (TPSA) is 35.2 Å². The van der Waals surface area contributed by atoms with Crippen LogP contribution in [0.5, 0.6) is 0 Å². The first-order valence-electron chi connectivity index (χ1n) is 5.97. The van der Waals surface area contributed by atoms with Gasteiger partial charge in [0.05, 0.1) is 5.60 Å². The Morgan fingerprint density at radius 1 is 1.53 bits per heavy atom. The number of terminal acetylenes is 1. The molecule has 1 aliphatic carbocycles. The molecular formula is C13H23NO. The van der Waals surface area contributed by atoms with Gasteiger partial charge in [0, 0.05) is 19.1 Å². The van der Waals surface area contributed by atoms with Gasteiger partial charge in [-0.25, -0.2) is 0 Å². The molecular weight excluding hydrogens is 186 g/mol. The summed E-state index contributed by atoms with van der Waals surface area (Å²) in [7, 11) is 0. The van der Waals surface area contributed by atoms with Gasteiger partial charge in [-0.3, -0.25) is 0 Å². The molecule has 1 saturated carbocycles. The van der Waals surface area contributed by atoms with E-state index in [0.29, 0.717) is 6.42 Å². The van der Waals surface area contributed by atoms with Crippen molar-refractivity contribution in [1.82, 2.24) is 0 Å². The molecule has 2 heteroatoms. The van der Waals surface area contributed by atoms with E-state index in [4.69, 9.17) is 16.9 Å². The van der Waals surface area contributed by atoms with Crippen molar-refractivity contribution in [3.8, 4) is 12.3 Å². The van der Waals surface area contributed by atoms with Crippen LogP contribution in [0.3, 0.4) is 0 Å². The summed E-state index contributed by atoms with van der Waals surface area (Å²) in [5.74, 6) is 3.46. The molecule has 0 spiro atoms. The highest BCUT2D eigenvalue weighted by atomic mass is 16.5. The lowest BCUT2D eigenvalue weighted by Gasteiger charge is -2.42. The Labute approximate surface area is 93.6 Å². The third-order valence-electron chi connectivity index (χ3n) is 3.57. The van der Waals surface area contributed by atoms with Crippen LogP contribution in [0.2, 0.25) is 0 Å². The van der Waals surface area contributed by atoms with Crippen molar-refractivity contribution in [2.75, 3.05) is 6.61 Å². The lowest BCUT2D eigenvalue weighted by atomic mass is 9.75. The molecule has 0 aliphatic heterocycles. The zero-order valence-electron chi connectivity index (χ0n) is 9.96. The fourth-order valence-electron chi connectivity index (χ4n) is 2.47. The van der Waals surface area contributed by atoms with Crippen LogP contribution in [0, 0.1) is 18.3 Å². The zero-order chi connectivity index (χ0) is 11.3. The Balaban J connectivity index is 2.66. The van der Waals surface area contributed by atoms with E-state index in [1.165, 1.54) is 12.8 Å². The van der Waals surface area contributed by atoms with Crippen LogP contribution < -0.4 is 5.73 Å². The Bertz CT molecular complexity index is 223. The molecule has 2 nitrogen and oxygen atoms in total. The Morgan fingerprint density at radius 2 is 2.13 bits per heavy atom. The molecule has 86 valence electrons. The highest BCUT2D eigenvalue weighted by molar-refractivity contribution is 5.01. The normalized spacial score (nSPS) is 33.3. The molecule has 1 fully saturated rings. The largest absolute Gasteiger partial charge is 0.374 e. The predicted octanol–water partition coefficient (Wildman–Crippen LogP) is 2.32. The van der Waals surface area contributed by atoms with Crippen LogP contribution in [-0.4, -0.2) is 18.2 Å². The van der Waals surface area contributed by atoms with Crippen LogP contribution in [0.4, 0.5) is 0 Å². The first-order chi connectivity index (χ1) is 7.14. The van der Waals surface area contributed by atoms with Gasteiger partial charge in [0.1, 0.15) is 0 Å². The van der Waals surface area contributed by atoms with Gasteiger partial charge >= 0.3 is 0 Å². The van der Waals surface area contributed by atoms with Crippen molar-refractivity contribution >= 4 is 0 Å². The summed E-state index contributed by atoms with van der Waals surface area (Å²) >= 11 is 0. The second kappa shape index (κ2) is 5.53. The molecule has 2 N–H and O–H groups in total.